The Morgan fingerprint density at radius 3 is 2.38 bits per heavy atom. The number of esters is 1. The van der Waals surface area contributed by atoms with Crippen LogP contribution >= 0.6 is 0 Å². The van der Waals surface area contributed by atoms with Crippen LogP contribution in [-0.2, 0) is 24.5 Å². The van der Waals surface area contributed by atoms with E-state index < -0.39 is 40.8 Å². The predicted molar refractivity (Wildman–Crippen MR) is 117 cm³/mol. The molecule has 0 aromatic heterocycles. The van der Waals surface area contributed by atoms with Gasteiger partial charge in [0.15, 0.2) is 5.41 Å². The van der Waals surface area contributed by atoms with E-state index in [1.54, 1.807) is 63.2 Å². The maximum atomic E-state index is 13.5. The number of hydrogen-bond acceptors (Lipinski definition) is 6. The van der Waals surface area contributed by atoms with Gasteiger partial charge in [0.2, 0.25) is 11.8 Å². The van der Waals surface area contributed by atoms with Crippen molar-refractivity contribution in [2.75, 3.05) is 19.5 Å². The van der Waals surface area contributed by atoms with Gasteiger partial charge in [0, 0.05) is 22.7 Å². The van der Waals surface area contributed by atoms with Crippen LogP contribution in [-0.4, -0.2) is 43.6 Å². The molecule has 0 bridgehead atoms. The first kappa shape index (κ1) is 21.7. The lowest BCUT2D eigenvalue weighted by Gasteiger charge is -2.31. The van der Waals surface area contributed by atoms with Gasteiger partial charge < -0.3 is 24.8 Å². The third-order valence-corrected chi connectivity index (χ3v) is 5.84. The average molecular weight is 438 g/mol. The molecule has 1 saturated heterocycles. The first-order valence-corrected chi connectivity index (χ1v) is 10.3. The molecule has 2 heterocycles. The number of amides is 2. The van der Waals surface area contributed by atoms with Crippen molar-refractivity contribution in [1.82, 2.24) is 5.32 Å². The SMILES string of the molecule is COc1ccc(OC)c(C2C(C(=O)OC(C)(C)C)NC(=O)C23C(=O)Nc2ccccc23)c1. The van der Waals surface area contributed by atoms with E-state index in [-0.39, 0.29) is 0 Å². The summed E-state index contributed by atoms with van der Waals surface area (Å²) < 4.78 is 16.6. The van der Waals surface area contributed by atoms with Gasteiger partial charge >= 0.3 is 5.97 Å². The van der Waals surface area contributed by atoms with Crippen molar-refractivity contribution in [3.63, 3.8) is 0 Å². The Labute approximate surface area is 186 Å². The second kappa shape index (κ2) is 7.55. The van der Waals surface area contributed by atoms with E-state index in [4.69, 9.17) is 14.2 Å². The molecule has 1 fully saturated rings. The van der Waals surface area contributed by atoms with Crippen LogP contribution in [0.3, 0.4) is 0 Å². The molecule has 2 N–H and O–H groups in total. The van der Waals surface area contributed by atoms with Gasteiger partial charge in [-0.2, -0.15) is 0 Å². The van der Waals surface area contributed by atoms with E-state index in [1.165, 1.54) is 14.2 Å². The highest BCUT2D eigenvalue weighted by atomic mass is 16.6. The van der Waals surface area contributed by atoms with Gasteiger partial charge in [0.05, 0.1) is 14.2 Å². The van der Waals surface area contributed by atoms with Crippen molar-refractivity contribution in [2.45, 2.75) is 43.7 Å². The zero-order chi connectivity index (χ0) is 23.3. The number of carbonyl (C=O) groups is 3. The van der Waals surface area contributed by atoms with Crippen molar-refractivity contribution >= 4 is 23.5 Å². The molecule has 2 aliphatic heterocycles. The molecule has 3 atom stereocenters. The molecule has 2 aromatic rings. The minimum absolute atomic E-state index is 0.428. The second-order valence-corrected chi connectivity index (χ2v) is 8.88. The van der Waals surface area contributed by atoms with E-state index >= 15 is 0 Å². The molecule has 8 heteroatoms. The summed E-state index contributed by atoms with van der Waals surface area (Å²) in [6.07, 6.45) is 0. The van der Waals surface area contributed by atoms with Crippen molar-refractivity contribution in [2.24, 2.45) is 0 Å². The molecule has 3 unspecified atom stereocenters. The van der Waals surface area contributed by atoms with Crippen molar-refractivity contribution in [3.05, 3.63) is 53.6 Å². The van der Waals surface area contributed by atoms with Gasteiger partial charge in [0.1, 0.15) is 23.1 Å². The number of para-hydroxylation sites is 1. The zero-order valence-corrected chi connectivity index (χ0v) is 18.6. The average Bonchev–Trinajstić information content (AvgIpc) is 3.22. The zero-order valence-electron chi connectivity index (χ0n) is 18.6. The molecular formula is C24H26N2O6. The molecule has 0 aliphatic carbocycles. The van der Waals surface area contributed by atoms with Crippen molar-refractivity contribution in [3.8, 4) is 11.5 Å². The normalized spacial score (nSPS) is 24.0. The van der Waals surface area contributed by atoms with Crippen molar-refractivity contribution < 1.29 is 28.6 Å². The van der Waals surface area contributed by atoms with Gasteiger partial charge in [-0.15, -0.1) is 0 Å². The summed E-state index contributed by atoms with van der Waals surface area (Å²) in [5, 5.41) is 5.56. The maximum absolute atomic E-state index is 13.5. The van der Waals surface area contributed by atoms with Gasteiger partial charge in [-0.25, -0.2) is 4.79 Å². The highest BCUT2D eigenvalue weighted by molar-refractivity contribution is 6.24. The lowest BCUT2D eigenvalue weighted by atomic mass is 9.67. The molecule has 2 aliphatic rings. The van der Waals surface area contributed by atoms with E-state index in [0.29, 0.717) is 28.3 Å². The first-order valence-electron chi connectivity index (χ1n) is 10.3. The summed E-state index contributed by atoms with van der Waals surface area (Å²) in [7, 11) is 3.01. The first-order chi connectivity index (χ1) is 15.1. The fraction of sp³-hybridized carbons (Fsp3) is 0.375. The minimum Gasteiger partial charge on any atom is -0.497 e. The standard InChI is InChI=1S/C24H26N2O6/c1-23(2,3)32-20(27)19-18(14-12-13(30-4)10-11-17(14)31-5)24(22(29)26-19)15-8-6-7-9-16(15)25-21(24)28/h6-12,18-19H,1-5H3,(H,25,28)(H,26,29). The largest absolute Gasteiger partial charge is 0.497 e. The number of benzene rings is 2. The fourth-order valence-electron chi connectivity index (χ4n) is 4.60. The summed E-state index contributed by atoms with van der Waals surface area (Å²) in [6.45, 7) is 5.24. The fourth-order valence-corrected chi connectivity index (χ4v) is 4.60. The van der Waals surface area contributed by atoms with Crippen LogP contribution < -0.4 is 20.1 Å². The quantitative estimate of drug-likeness (QED) is 0.562. The Morgan fingerprint density at radius 2 is 1.72 bits per heavy atom. The molecule has 32 heavy (non-hydrogen) atoms. The van der Waals surface area contributed by atoms with Gasteiger partial charge in [0.25, 0.3) is 0 Å². The number of anilines is 1. The molecule has 1 spiro atoms. The summed E-state index contributed by atoms with van der Waals surface area (Å²) in [5.41, 5.74) is -0.922. The van der Waals surface area contributed by atoms with E-state index in [2.05, 4.69) is 10.6 Å². The Morgan fingerprint density at radius 1 is 1.00 bits per heavy atom. The summed E-state index contributed by atoms with van der Waals surface area (Å²) in [5.74, 6) is -1.70. The summed E-state index contributed by atoms with van der Waals surface area (Å²) >= 11 is 0. The number of methoxy groups -OCH3 is 2. The Kier molecular flexibility index (Phi) is 5.11. The van der Waals surface area contributed by atoms with Crippen molar-refractivity contribution in [1.29, 1.82) is 0 Å². The highest BCUT2D eigenvalue weighted by Gasteiger charge is 2.67. The van der Waals surface area contributed by atoms with Crippen LogP contribution in [0.2, 0.25) is 0 Å². The summed E-state index contributed by atoms with van der Waals surface area (Å²) in [6, 6.07) is 11.0. The molecule has 4 rings (SSSR count). The number of rotatable bonds is 4. The topological polar surface area (TPSA) is 103 Å². The monoisotopic (exact) mass is 438 g/mol. The van der Waals surface area contributed by atoms with Gasteiger partial charge in [-0.3, -0.25) is 9.59 Å². The highest BCUT2D eigenvalue weighted by Crippen LogP contribution is 2.54. The lowest BCUT2D eigenvalue weighted by molar-refractivity contribution is -0.157. The predicted octanol–water partition coefficient (Wildman–Crippen LogP) is 2.52. The van der Waals surface area contributed by atoms with E-state index in [0.717, 1.165) is 0 Å². The van der Waals surface area contributed by atoms with Crippen LogP contribution in [0.1, 0.15) is 37.8 Å². The second-order valence-electron chi connectivity index (χ2n) is 8.88. The van der Waals surface area contributed by atoms with Crippen LogP contribution in [0, 0.1) is 0 Å². The van der Waals surface area contributed by atoms with Crippen LogP contribution in [0.5, 0.6) is 11.5 Å². The minimum atomic E-state index is -1.67. The van der Waals surface area contributed by atoms with Crippen LogP contribution in [0.15, 0.2) is 42.5 Å². The maximum Gasteiger partial charge on any atom is 0.329 e. The molecule has 168 valence electrons. The molecule has 8 nitrogen and oxygen atoms in total. The van der Waals surface area contributed by atoms with Crippen LogP contribution in [0.4, 0.5) is 5.69 Å². The third-order valence-electron chi connectivity index (χ3n) is 5.84. The number of fused-ring (bicyclic) bond motifs is 2. The summed E-state index contributed by atoms with van der Waals surface area (Å²) in [4.78, 5) is 40.3. The van der Waals surface area contributed by atoms with Crippen LogP contribution in [0.25, 0.3) is 0 Å². The number of hydrogen-bond donors (Lipinski definition) is 2. The molecule has 2 amide bonds. The molecule has 2 aromatic carbocycles. The Bertz CT molecular complexity index is 1110. The Hall–Kier alpha value is -3.55. The number of nitrogens with one attached hydrogen (secondary N) is 2. The van der Waals surface area contributed by atoms with E-state index in [1.807, 2.05) is 0 Å². The Balaban J connectivity index is 1.98. The molecule has 0 saturated carbocycles. The smallest absolute Gasteiger partial charge is 0.329 e. The van der Waals surface area contributed by atoms with Gasteiger partial charge in [-0.05, 0) is 45.0 Å². The number of carbonyl (C=O) groups excluding carboxylic acids is 3. The van der Waals surface area contributed by atoms with Gasteiger partial charge in [-0.1, -0.05) is 18.2 Å². The molecule has 0 radical (unpaired) electrons. The number of ether oxygens (including phenoxy) is 3. The lowest BCUT2D eigenvalue weighted by Crippen LogP contribution is -2.45. The third kappa shape index (κ3) is 3.18. The van der Waals surface area contributed by atoms with E-state index in [9.17, 15) is 14.4 Å². The molecular weight excluding hydrogens is 412 g/mol.